The van der Waals surface area contributed by atoms with Crippen LogP contribution < -0.4 is 9.64 Å². The number of benzene rings is 10. The van der Waals surface area contributed by atoms with Gasteiger partial charge in [0.2, 0.25) is 0 Å². The highest BCUT2D eigenvalue weighted by atomic mass is 16.5. The zero-order valence-corrected chi connectivity index (χ0v) is 32.9. The molecular formula is C58H39NO. The molecule has 0 radical (unpaired) electrons. The maximum absolute atomic E-state index is 7.11. The molecule has 0 saturated heterocycles. The molecule has 10 aromatic carbocycles. The van der Waals surface area contributed by atoms with Crippen LogP contribution in [-0.2, 0) is 0 Å². The highest BCUT2D eigenvalue weighted by Crippen LogP contribution is 2.55. The standard InChI is InChI=1S/C58H39NO/c1-4-14-40(15-5-1)42-26-28-43(29-27-42)45-32-36-50(37-33-45)59(49-34-30-44(31-35-49)41-16-6-2-7-17-41)54-23-13-25-56-58(54)53-39-48-21-11-10-20-47(48)38-52(53)57-51(22-12-24-55(57)60-56)46-18-8-3-9-19-46/h1-39H. The van der Waals surface area contributed by atoms with Crippen LogP contribution in [0.4, 0.5) is 17.1 Å². The first-order valence-corrected chi connectivity index (χ1v) is 20.5. The molecule has 0 aromatic heterocycles. The van der Waals surface area contributed by atoms with E-state index in [1.54, 1.807) is 0 Å². The lowest BCUT2D eigenvalue weighted by molar-refractivity contribution is 0.488. The Morgan fingerprint density at radius 3 is 1.15 bits per heavy atom. The molecule has 1 aliphatic rings. The van der Waals surface area contributed by atoms with Crippen LogP contribution in [0.5, 0.6) is 11.5 Å². The molecule has 0 amide bonds. The van der Waals surface area contributed by atoms with Crippen molar-refractivity contribution in [3.8, 4) is 78.3 Å². The van der Waals surface area contributed by atoms with E-state index in [4.69, 9.17) is 4.74 Å². The van der Waals surface area contributed by atoms with Crippen molar-refractivity contribution >= 4 is 27.8 Å². The minimum absolute atomic E-state index is 0.814. The van der Waals surface area contributed by atoms with Crippen molar-refractivity contribution in [1.29, 1.82) is 0 Å². The van der Waals surface area contributed by atoms with Crippen molar-refractivity contribution in [1.82, 2.24) is 0 Å². The smallest absolute Gasteiger partial charge is 0.137 e. The molecule has 0 N–H and O–H groups in total. The Labute approximate surface area is 350 Å². The average Bonchev–Trinajstić information content (AvgIpc) is 3.46. The van der Waals surface area contributed by atoms with E-state index in [2.05, 4.69) is 241 Å². The summed E-state index contributed by atoms with van der Waals surface area (Å²) in [6, 6.07) is 84.7. The van der Waals surface area contributed by atoms with Gasteiger partial charge in [0.25, 0.3) is 0 Å². The van der Waals surface area contributed by atoms with E-state index < -0.39 is 0 Å². The largest absolute Gasteiger partial charge is 0.456 e. The van der Waals surface area contributed by atoms with Crippen molar-refractivity contribution in [3.63, 3.8) is 0 Å². The average molecular weight is 766 g/mol. The van der Waals surface area contributed by atoms with Gasteiger partial charge >= 0.3 is 0 Å². The fourth-order valence-electron chi connectivity index (χ4n) is 8.74. The van der Waals surface area contributed by atoms with Crippen molar-refractivity contribution in [3.05, 3.63) is 237 Å². The first-order chi connectivity index (χ1) is 29.7. The zero-order valence-electron chi connectivity index (χ0n) is 32.9. The molecule has 60 heavy (non-hydrogen) atoms. The minimum Gasteiger partial charge on any atom is -0.456 e. The molecule has 0 spiro atoms. The Morgan fingerprint density at radius 1 is 0.267 bits per heavy atom. The fraction of sp³-hybridized carbons (Fsp3) is 0. The predicted octanol–water partition coefficient (Wildman–Crippen LogP) is 16.4. The summed E-state index contributed by atoms with van der Waals surface area (Å²) in [6.45, 7) is 0. The molecule has 0 aliphatic carbocycles. The van der Waals surface area contributed by atoms with Gasteiger partial charge in [-0.05, 0) is 121 Å². The van der Waals surface area contributed by atoms with Crippen molar-refractivity contribution in [2.45, 2.75) is 0 Å². The summed E-state index contributed by atoms with van der Waals surface area (Å²) < 4.78 is 7.11. The maximum atomic E-state index is 7.11. The lowest BCUT2D eigenvalue weighted by Crippen LogP contribution is -2.11. The molecule has 2 heteroatoms. The summed E-state index contributed by atoms with van der Waals surface area (Å²) in [7, 11) is 0. The molecule has 0 saturated carbocycles. The van der Waals surface area contributed by atoms with E-state index in [1.807, 2.05) is 0 Å². The summed E-state index contributed by atoms with van der Waals surface area (Å²) in [5.41, 5.74) is 16.9. The molecule has 2 nitrogen and oxygen atoms in total. The molecule has 1 heterocycles. The SMILES string of the molecule is c1ccc(-c2ccc(-c3ccc(N(c4ccc(-c5ccccc5)cc4)c4cccc5c4-c4cc6ccccc6cc4-c4c(cccc4-c4ccccc4)O5)cc3)cc2)cc1. The fourth-order valence-corrected chi connectivity index (χ4v) is 8.74. The van der Waals surface area contributed by atoms with Gasteiger partial charge in [-0.25, -0.2) is 0 Å². The monoisotopic (exact) mass is 765 g/mol. The van der Waals surface area contributed by atoms with Crippen LogP contribution in [0, 0.1) is 0 Å². The molecule has 11 rings (SSSR count). The van der Waals surface area contributed by atoms with Crippen molar-refractivity contribution in [2.75, 3.05) is 4.90 Å². The number of hydrogen-bond donors (Lipinski definition) is 0. The molecule has 10 aromatic rings. The highest BCUT2D eigenvalue weighted by molar-refractivity contribution is 6.06. The molecule has 0 bridgehead atoms. The van der Waals surface area contributed by atoms with E-state index in [0.29, 0.717) is 0 Å². The van der Waals surface area contributed by atoms with Gasteiger partial charge in [-0.15, -0.1) is 0 Å². The minimum atomic E-state index is 0.814. The Morgan fingerprint density at radius 2 is 0.650 bits per heavy atom. The summed E-state index contributed by atoms with van der Waals surface area (Å²) in [5, 5.41) is 2.37. The van der Waals surface area contributed by atoms with Crippen LogP contribution in [0.25, 0.3) is 77.5 Å². The number of nitrogens with zero attached hydrogens (tertiary/aromatic N) is 1. The normalized spacial score (nSPS) is 11.5. The van der Waals surface area contributed by atoms with E-state index in [-0.39, 0.29) is 0 Å². The van der Waals surface area contributed by atoms with Gasteiger partial charge in [0.1, 0.15) is 11.5 Å². The first kappa shape index (κ1) is 35.2. The molecule has 0 atom stereocenters. The highest BCUT2D eigenvalue weighted by Gasteiger charge is 2.29. The van der Waals surface area contributed by atoms with Gasteiger partial charge in [-0.3, -0.25) is 0 Å². The van der Waals surface area contributed by atoms with Crippen LogP contribution in [0.15, 0.2) is 237 Å². The third kappa shape index (κ3) is 6.41. The van der Waals surface area contributed by atoms with Crippen LogP contribution in [0.3, 0.4) is 0 Å². The second kappa shape index (κ2) is 15.1. The number of hydrogen-bond acceptors (Lipinski definition) is 2. The van der Waals surface area contributed by atoms with Crippen LogP contribution in [0.2, 0.25) is 0 Å². The van der Waals surface area contributed by atoms with Gasteiger partial charge in [-0.2, -0.15) is 0 Å². The second-order valence-electron chi connectivity index (χ2n) is 15.3. The quantitative estimate of drug-likeness (QED) is 0.160. The van der Waals surface area contributed by atoms with Gasteiger partial charge in [0.15, 0.2) is 0 Å². The molecule has 282 valence electrons. The molecule has 0 fully saturated rings. The third-order valence-electron chi connectivity index (χ3n) is 11.7. The Balaban J connectivity index is 1.10. The number of anilines is 3. The summed E-state index contributed by atoms with van der Waals surface area (Å²) >= 11 is 0. The van der Waals surface area contributed by atoms with Gasteiger partial charge in [0, 0.05) is 22.5 Å². The number of ether oxygens (including phenoxy) is 1. The molecular weight excluding hydrogens is 727 g/mol. The second-order valence-corrected chi connectivity index (χ2v) is 15.3. The predicted molar refractivity (Wildman–Crippen MR) is 251 cm³/mol. The lowest BCUT2D eigenvalue weighted by Gasteiger charge is -2.29. The molecule has 0 unspecified atom stereocenters. The van der Waals surface area contributed by atoms with Gasteiger partial charge < -0.3 is 9.64 Å². The van der Waals surface area contributed by atoms with Crippen molar-refractivity contribution < 1.29 is 4.74 Å². The van der Waals surface area contributed by atoms with Gasteiger partial charge in [-0.1, -0.05) is 182 Å². The Hall–Kier alpha value is -7.94. The third-order valence-corrected chi connectivity index (χ3v) is 11.7. The van der Waals surface area contributed by atoms with Crippen molar-refractivity contribution in [2.24, 2.45) is 0 Å². The Bertz CT molecular complexity index is 3120. The topological polar surface area (TPSA) is 12.5 Å². The van der Waals surface area contributed by atoms with Gasteiger partial charge in [0.05, 0.1) is 5.69 Å². The lowest BCUT2D eigenvalue weighted by atomic mass is 9.87. The van der Waals surface area contributed by atoms with E-state index in [9.17, 15) is 0 Å². The zero-order chi connectivity index (χ0) is 39.8. The van der Waals surface area contributed by atoms with Crippen LogP contribution in [-0.4, -0.2) is 0 Å². The van der Waals surface area contributed by atoms with E-state index in [1.165, 1.54) is 38.6 Å². The summed E-state index contributed by atoms with van der Waals surface area (Å²) in [5.74, 6) is 1.65. The van der Waals surface area contributed by atoms with E-state index in [0.717, 1.165) is 67.5 Å². The maximum Gasteiger partial charge on any atom is 0.137 e. The molecule has 1 aliphatic heterocycles. The van der Waals surface area contributed by atoms with E-state index >= 15 is 0 Å². The Kier molecular flexibility index (Phi) is 8.87. The summed E-state index contributed by atoms with van der Waals surface area (Å²) in [6.07, 6.45) is 0. The number of rotatable bonds is 7. The first-order valence-electron chi connectivity index (χ1n) is 20.5. The number of fused-ring (bicyclic) bond motifs is 6. The van der Waals surface area contributed by atoms with Crippen LogP contribution in [0.1, 0.15) is 0 Å². The summed E-state index contributed by atoms with van der Waals surface area (Å²) in [4.78, 5) is 2.38. The van der Waals surface area contributed by atoms with Crippen LogP contribution >= 0.6 is 0 Å².